The summed E-state index contributed by atoms with van der Waals surface area (Å²) in [7, 11) is 0.237. The van der Waals surface area contributed by atoms with Crippen LogP contribution in [0.3, 0.4) is 0 Å². The molecule has 7 heteroatoms. The predicted molar refractivity (Wildman–Crippen MR) is 140 cm³/mol. The van der Waals surface area contributed by atoms with E-state index >= 15 is 0 Å². The molecule has 4 aromatic rings. The first kappa shape index (κ1) is 24.3. The zero-order valence-electron chi connectivity index (χ0n) is 19.6. The molecule has 1 aromatic heterocycles. The van der Waals surface area contributed by atoms with Gasteiger partial charge in [-0.1, -0.05) is 78.9 Å². The van der Waals surface area contributed by atoms with E-state index in [0.29, 0.717) is 41.0 Å². The molecule has 3 aromatic carbocycles. The van der Waals surface area contributed by atoms with Gasteiger partial charge in [0.1, 0.15) is 0 Å². The number of hydrogen-bond acceptors (Lipinski definition) is 5. The third-order valence-corrected chi connectivity index (χ3v) is 6.62. The second-order valence-corrected chi connectivity index (χ2v) is 9.60. The summed E-state index contributed by atoms with van der Waals surface area (Å²) in [5, 5.41) is 0.723. The van der Waals surface area contributed by atoms with E-state index in [-0.39, 0.29) is 0 Å². The summed E-state index contributed by atoms with van der Waals surface area (Å²) in [4.78, 5) is 32.2. The molecule has 0 fully saturated rings. The predicted octanol–water partition coefficient (Wildman–Crippen LogP) is 4.70. The number of pyridine rings is 1. The van der Waals surface area contributed by atoms with Crippen LogP contribution >= 0.6 is 0 Å². The summed E-state index contributed by atoms with van der Waals surface area (Å²) in [6.07, 6.45) is 2.72. The van der Waals surface area contributed by atoms with Gasteiger partial charge >= 0.3 is 5.97 Å². The smallest absolute Gasteiger partial charge is 0.333 e. The fourth-order valence-electron chi connectivity index (χ4n) is 4.25. The first-order valence-electron chi connectivity index (χ1n) is 11.2. The third kappa shape index (κ3) is 5.15. The Kier molecular flexibility index (Phi) is 7.67. The maximum absolute atomic E-state index is 13.1. The first-order valence-corrected chi connectivity index (χ1v) is 12.9. The Labute approximate surface area is 207 Å². The molecular formula is C28H26N2O4S. The van der Waals surface area contributed by atoms with Gasteiger partial charge in [-0.2, -0.15) is 0 Å². The van der Waals surface area contributed by atoms with Gasteiger partial charge in [0, 0.05) is 39.3 Å². The van der Waals surface area contributed by atoms with Crippen LogP contribution in [0.5, 0.6) is 0 Å². The second kappa shape index (κ2) is 11.1. The first-order chi connectivity index (χ1) is 17.0. The molecule has 0 bridgehead atoms. The summed E-state index contributed by atoms with van der Waals surface area (Å²) >= 11 is 0. The standard InChI is InChI=1S/C28H26N2O4S/c1-34-28(32)26(21-13-7-4-8-14-21)30(19-31)27-22-15-9-10-16-24(22)29-25(20-11-5-3-6-12-20)23(27)17-18-35(2)33/h3-16,19,26H,17-18H2,1-2H3. The quantitative estimate of drug-likeness (QED) is 0.253. The number of para-hydroxylation sites is 1. The maximum atomic E-state index is 13.1. The maximum Gasteiger partial charge on any atom is 0.333 e. The lowest BCUT2D eigenvalue weighted by Gasteiger charge is -2.30. The van der Waals surface area contributed by atoms with Gasteiger partial charge in [0.25, 0.3) is 0 Å². The number of benzene rings is 3. The molecule has 2 unspecified atom stereocenters. The molecule has 0 saturated heterocycles. The van der Waals surface area contributed by atoms with Gasteiger partial charge < -0.3 is 4.74 Å². The molecule has 35 heavy (non-hydrogen) atoms. The lowest BCUT2D eigenvalue weighted by molar-refractivity contribution is -0.143. The van der Waals surface area contributed by atoms with Gasteiger partial charge in [-0.3, -0.25) is 13.9 Å². The van der Waals surface area contributed by atoms with Crippen LogP contribution in [0.2, 0.25) is 0 Å². The fourth-order valence-corrected chi connectivity index (χ4v) is 4.74. The Morgan fingerprint density at radius 2 is 1.63 bits per heavy atom. The van der Waals surface area contributed by atoms with Crippen LogP contribution < -0.4 is 4.90 Å². The number of amides is 1. The van der Waals surface area contributed by atoms with Gasteiger partial charge in [-0.25, -0.2) is 9.78 Å². The molecule has 0 aliphatic heterocycles. The second-order valence-electron chi connectivity index (χ2n) is 8.05. The molecule has 6 nitrogen and oxygen atoms in total. The number of carbonyl (C=O) groups is 2. The number of hydrogen-bond donors (Lipinski definition) is 0. The largest absolute Gasteiger partial charge is 0.467 e. The lowest BCUT2D eigenvalue weighted by Crippen LogP contribution is -2.35. The molecule has 4 rings (SSSR count). The Balaban J connectivity index is 2.06. The van der Waals surface area contributed by atoms with E-state index in [0.717, 1.165) is 16.5 Å². The molecule has 0 aliphatic rings. The molecule has 0 aliphatic carbocycles. The van der Waals surface area contributed by atoms with Gasteiger partial charge in [0.05, 0.1) is 24.0 Å². The average molecular weight is 487 g/mol. The molecular weight excluding hydrogens is 460 g/mol. The van der Waals surface area contributed by atoms with Gasteiger partial charge in [0.2, 0.25) is 6.41 Å². The molecule has 0 N–H and O–H groups in total. The Morgan fingerprint density at radius 1 is 1.00 bits per heavy atom. The number of nitrogens with zero attached hydrogens (tertiary/aromatic N) is 2. The molecule has 1 amide bonds. The minimum absolute atomic E-state index is 0.383. The average Bonchev–Trinajstić information content (AvgIpc) is 2.90. The van der Waals surface area contributed by atoms with Gasteiger partial charge in [0.15, 0.2) is 6.04 Å². The van der Waals surface area contributed by atoms with E-state index in [9.17, 15) is 13.8 Å². The van der Waals surface area contributed by atoms with Crippen LogP contribution in [0.15, 0.2) is 84.9 Å². The van der Waals surface area contributed by atoms with Crippen molar-refractivity contribution < 1.29 is 18.5 Å². The van der Waals surface area contributed by atoms with Crippen molar-refractivity contribution in [3.05, 3.63) is 96.1 Å². The summed E-state index contributed by atoms with van der Waals surface area (Å²) < 4.78 is 17.3. The molecule has 0 saturated carbocycles. The normalized spacial score (nSPS) is 12.6. The minimum atomic E-state index is -1.07. The molecule has 2 atom stereocenters. The summed E-state index contributed by atoms with van der Waals surface area (Å²) in [5.41, 5.74) is 4.19. The van der Waals surface area contributed by atoms with Crippen LogP contribution in [-0.2, 0) is 31.5 Å². The zero-order valence-corrected chi connectivity index (χ0v) is 20.4. The van der Waals surface area contributed by atoms with Crippen molar-refractivity contribution in [1.82, 2.24) is 4.98 Å². The van der Waals surface area contributed by atoms with E-state index in [1.807, 2.05) is 72.8 Å². The number of aromatic nitrogens is 1. The Bertz CT molecular complexity index is 1360. The van der Waals surface area contributed by atoms with E-state index < -0.39 is 22.8 Å². The highest BCUT2D eigenvalue weighted by Crippen LogP contribution is 2.40. The van der Waals surface area contributed by atoms with Crippen molar-refractivity contribution in [2.75, 3.05) is 24.0 Å². The van der Waals surface area contributed by atoms with Crippen LogP contribution in [0.1, 0.15) is 17.2 Å². The monoisotopic (exact) mass is 486 g/mol. The topological polar surface area (TPSA) is 76.6 Å². The molecule has 1 heterocycles. The van der Waals surface area contributed by atoms with E-state index in [4.69, 9.17) is 9.72 Å². The number of fused-ring (bicyclic) bond motifs is 1. The van der Waals surface area contributed by atoms with Crippen molar-refractivity contribution in [3.8, 4) is 11.3 Å². The van der Waals surface area contributed by atoms with Crippen LogP contribution in [0.4, 0.5) is 5.69 Å². The Hall–Kier alpha value is -3.84. The van der Waals surface area contributed by atoms with Crippen molar-refractivity contribution >= 4 is 39.8 Å². The van der Waals surface area contributed by atoms with Crippen molar-refractivity contribution in [2.24, 2.45) is 0 Å². The van der Waals surface area contributed by atoms with Gasteiger partial charge in [-0.05, 0) is 18.1 Å². The SMILES string of the molecule is COC(=O)C(c1ccccc1)N(C=O)c1c(CCS(C)=O)c(-c2ccccc2)nc2ccccc12. The summed E-state index contributed by atoms with van der Waals surface area (Å²) in [6, 6.07) is 25.3. The van der Waals surface area contributed by atoms with Gasteiger partial charge in [-0.15, -0.1) is 0 Å². The molecule has 0 spiro atoms. The third-order valence-electron chi connectivity index (χ3n) is 5.84. The van der Waals surface area contributed by atoms with Crippen molar-refractivity contribution in [2.45, 2.75) is 12.5 Å². The Morgan fingerprint density at radius 3 is 2.26 bits per heavy atom. The number of carbonyl (C=O) groups excluding carboxylic acids is 2. The number of ether oxygens (including phenoxy) is 1. The molecule has 0 radical (unpaired) electrons. The van der Waals surface area contributed by atoms with E-state index in [1.54, 1.807) is 18.4 Å². The highest BCUT2D eigenvalue weighted by molar-refractivity contribution is 7.84. The summed E-state index contributed by atoms with van der Waals surface area (Å²) in [6.45, 7) is 0. The van der Waals surface area contributed by atoms with Crippen LogP contribution in [0, 0.1) is 0 Å². The number of methoxy groups -OCH3 is 1. The minimum Gasteiger partial charge on any atom is -0.467 e. The zero-order chi connectivity index (χ0) is 24.8. The highest BCUT2D eigenvalue weighted by Gasteiger charge is 2.32. The van der Waals surface area contributed by atoms with E-state index in [2.05, 4.69) is 0 Å². The fraction of sp³-hybridized carbons (Fsp3) is 0.179. The number of anilines is 1. The summed E-state index contributed by atoms with van der Waals surface area (Å²) in [5.74, 6) is -0.177. The van der Waals surface area contributed by atoms with Crippen molar-refractivity contribution in [1.29, 1.82) is 0 Å². The van der Waals surface area contributed by atoms with Crippen LogP contribution in [0.25, 0.3) is 22.2 Å². The highest BCUT2D eigenvalue weighted by atomic mass is 32.2. The lowest BCUT2D eigenvalue weighted by atomic mass is 9.96. The number of rotatable bonds is 9. The number of esters is 1. The van der Waals surface area contributed by atoms with Crippen molar-refractivity contribution in [3.63, 3.8) is 0 Å². The van der Waals surface area contributed by atoms with E-state index in [1.165, 1.54) is 12.0 Å². The van der Waals surface area contributed by atoms with Crippen LogP contribution in [-0.4, -0.2) is 40.7 Å². The molecule has 178 valence electrons.